The number of hydrogen-bond acceptors (Lipinski definition) is 8. The summed E-state index contributed by atoms with van der Waals surface area (Å²) in [7, 11) is 0. The van der Waals surface area contributed by atoms with E-state index in [1.807, 2.05) is 29.7 Å². The Morgan fingerprint density at radius 2 is 1.82 bits per heavy atom. The van der Waals surface area contributed by atoms with Gasteiger partial charge >= 0.3 is 11.9 Å². The molecular formula is C24H28N4O5. The molecule has 33 heavy (non-hydrogen) atoms. The fourth-order valence-corrected chi connectivity index (χ4v) is 3.96. The number of carbonyl (C=O) groups is 2. The number of imidazole rings is 1. The van der Waals surface area contributed by atoms with E-state index in [1.165, 1.54) is 0 Å². The van der Waals surface area contributed by atoms with Gasteiger partial charge in [-0.3, -0.25) is 14.3 Å². The molecule has 0 amide bonds. The highest BCUT2D eigenvalue weighted by molar-refractivity contribution is 5.94. The summed E-state index contributed by atoms with van der Waals surface area (Å²) in [5.74, 6) is -0.658. The van der Waals surface area contributed by atoms with Gasteiger partial charge < -0.3 is 19.5 Å². The van der Waals surface area contributed by atoms with Gasteiger partial charge in [0.1, 0.15) is 12.9 Å². The number of hydrogen-bond donors (Lipinski definition) is 1. The molecule has 2 heterocycles. The maximum atomic E-state index is 12.1. The van der Waals surface area contributed by atoms with Crippen molar-refractivity contribution in [2.45, 2.75) is 6.92 Å². The molecule has 0 unspecified atom stereocenters. The highest BCUT2D eigenvalue weighted by atomic mass is 16.5. The van der Waals surface area contributed by atoms with Crippen LogP contribution in [0.2, 0.25) is 0 Å². The van der Waals surface area contributed by atoms with Gasteiger partial charge in [0.15, 0.2) is 0 Å². The van der Waals surface area contributed by atoms with E-state index in [1.54, 1.807) is 18.5 Å². The van der Waals surface area contributed by atoms with E-state index in [4.69, 9.17) is 14.6 Å². The van der Waals surface area contributed by atoms with Crippen LogP contribution >= 0.6 is 0 Å². The molecule has 1 aliphatic rings. The molecule has 0 aliphatic carbocycles. The van der Waals surface area contributed by atoms with Crippen LogP contribution in [0.25, 0.3) is 16.7 Å². The zero-order valence-corrected chi connectivity index (χ0v) is 18.6. The molecule has 174 valence electrons. The molecule has 9 nitrogen and oxygen atoms in total. The lowest BCUT2D eigenvalue weighted by Gasteiger charge is -2.35. The summed E-state index contributed by atoms with van der Waals surface area (Å²) in [5.41, 5.74) is 4.04. The predicted octanol–water partition coefficient (Wildman–Crippen LogP) is 1.86. The monoisotopic (exact) mass is 452 g/mol. The number of ether oxygens (including phenoxy) is 2. The summed E-state index contributed by atoms with van der Waals surface area (Å²) in [4.78, 5) is 32.7. The molecule has 1 aliphatic heterocycles. The maximum absolute atomic E-state index is 12.1. The second-order valence-corrected chi connectivity index (χ2v) is 7.77. The predicted molar refractivity (Wildman–Crippen MR) is 124 cm³/mol. The van der Waals surface area contributed by atoms with E-state index >= 15 is 0 Å². The Kier molecular flexibility index (Phi) is 7.21. The van der Waals surface area contributed by atoms with Gasteiger partial charge in [-0.1, -0.05) is 6.07 Å². The van der Waals surface area contributed by atoms with Crippen LogP contribution in [-0.2, 0) is 14.3 Å². The Bertz CT molecular complexity index is 1120. The van der Waals surface area contributed by atoms with Crippen molar-refractivity contribution in [3.63, 3.8) is 0 Å². The van der Waals surface area contributed by atoms with Crippen LogP contribution in [0.5, 0.6) is 0 Å². The van der Waals surface area contributed by atoms with Crippen LogP contribution in [0.4, 0.5) is 5.69 Å². The van der Waals surface area contributed by atoms with Crippen molar-refractivity contribution in [1.29, 1.82) is 0 Å². The normalized spacial score (nSPS) is 14.4. The van der Waals surface area contributed by atoms with Gasteiger partial charge in [-0.25, -0.2) is 9.78 Å². The first-order valence-corrected chi connectivity index (χ1v) is 11.1. The molecule has 0 radical (unpaired) electrons. The molecule has 0 atom stereocenters. The Balaban J connectivity index is 1.47. The average Bonchev–Trinajstić information content (AvgIpc) is 3.26. The second-order valence-electron chi connectivity index (χ2n) is 7.77. The van der Waals surface area contributed by atoms with Gasteiger partial charge in [-0.15, -0.1) is 0 Å². The molecule has 0 saturated carbocycles. The number of piperazine rings is 1. The number of fused-ring (bicyclic) bond motifs is 1. The van der Waals surface area contributed by atoms with Crippen LogP contribution in [0.3, 0.4) is 0 Å². The Morgan fingerprint density at radius 1 is 1.03 bits per heavy atom. The van der Waals surface area contributed by atoms with Crippen LogP contribution in [0, 0.1) is 0 Å². The van der Waals surface area contributed by atoms with Crippen LogP contribution in [0.15, 0.2) is 48.8 Å². The molecule has 1 aromatic heterocycles. The Labute approximate surface area is 192 Å². The molecule has 1 saturated heterocycles. The third-order valence-corrected chi connectivity index (χ3v) is 5.61. The number of benzene rings is 2. The summed E-state index contributed by atoms with van der Waals surface area (Å²) in [6.45, 7) is 5.56. The van der Waals surface area contributed by atoms with Gasteiger partial charge in [0.2, 0.25) is 0 Å². The molecule has 1 fully saturated rings. The van der Waals surface area contributed by atoms with Gasteiger partial charge in [0.25, 0.3) is 0 Å². The number of aliphatic hydroxyl groups is 1. The maximum Gasteiger partial charge on any atom is 0.338 e. The van der Waals surface area contributed by atoms with Gasteiger partial charge in [-0.05, 0) is 43.3 Å². The van der Waals surface area contributed by atoms with Crippen molar-refractivity contribution < 1.29 is 24.2 Å². The number of aromatic nitrogens is 2. The number of rotatable bonds is 8. The van der Waals surface area contributed by atoms with E-state index in [9.17, 15) is 9.59 Å². The SMILES string of the molecule is CCOC(=O)CN1CCN(c2cccc(-n3cnc4cc(C(=O)OCCO)ccc43)c2)CC1. The average molecular weight is 453 g/mol. The molecule has 0 bridgehead atoms. The third kappa shape index (κ3) is 5.32. The fourth-order valence-electron chi connectivity index (χ4n) is 3.96. The molecule has 4 rings (SSSR count). The first-order chi connectivity index (χ1) is 16.1. The van der Waals surface area contributed by atoms with E-state index < -0.39 is 5.97 Å². The van der Waals surface area contributed by atoms with Gasteiger partial charge in [-0.2, -0.15) is 0 Å². The summed E-state index contributed by atoms with van der Waals surface area (Å²) in [6.07, 6.45) is 1.74. The molecule has 2 aromatic carbocycles. The molecule has 1 N–H and O–H groups in total. The third-order valence-electron chi connectivity index (χ3n) is 5.61. The standard InChI is InChI=1S/C24H28N4O5/c1-2-32-23(30)16-26-8-10-27(11-9-26)19-4-3-5-20(15-19)28-17-25-21-14-18(6-7-22(21)28)24(31)33-13-12-29/h3-7,14-15,17,29H,2,8-13,16H2,1H3. The Morgan fingerprint density at radius 3 is 2.58 bits per heavy atom. The van der Waals surface area contributed by atoms with Crippen molar-refractivity contribution in [2.24, 2.45) is 0 Å². The van der Waals surface area contributed by atoms with Crippen LogP contribution in [0.1, 0.15) is 17.3 Å². The van der Waals surface area contributed by atoms with E-state index in [2.05, 4.69) is 26.9 Å². The number of carbonyl (C=O) groups excluding carboxylic acids is 2. The fraction of sp³-hybridized carbons (Fsp3) is 0.375. The first kappa shape index (κ1) is 22.8. The first-order valence-electron chi connectivity index (χ1n) is 11.1. The lowest BCUT2D eigenvalue weighted by Crippen LogP contribution is -2.48. The van der Waals surface area contributed by atoms with E-state index in [0.717, 1.165) is 43.1 Å². The molecule has 3 aromatic rings. The van der Waals surface area contributed by atoms with E-state index in [-0.39, 0.29) is 19.2 Å². The minimum atomic E-state index is -0.482. The smallest absolute Gasteiger partial charge is 0.338 e. The van der Waals surface area contributed by atoms with Gasteiger partial charge in [0.05, 0.1) is 36.4 Å². The summed E-state index contributed by atoms with van der Waals surface area (Å²) in [6, 6.07) is 13.5. The van der Waals surface area contributed by atoms with Crippen LogP contribution in [-0.4, -0.2) is 84.0 Å². The van der Waals surface area contributed by atoms with Crippen molar-refractivity contribution in [3.8, 4) is 5.69 Å². The van der Waals surface area contributed by atoms with Crippen LogP contribution < -0.4 is 4.90 Å². The zero-order valence-electron chi connectivity index (χ0n) is 18.6. The van der Waals surface area contributed by atoms with Crippen molar-refractivity contribution >= 4 is 28.7 Å². The lowest BCUT2D eigenvalue weighted by atomic mass is 10.2. The molecule has 0 spiro atoms. The summed E-state index contributed by atoms with van der Waals surface area (Å²) in [5, 5.41) is 8.83. The second kappa shape index (κ2) is 10.5. The topological polar surface area (TPSA) is 97.1 Å². The minimum Gasteiger partial charge on any atom is -0.465 e. The zero-order chi connectivity index (χ0) is 23.2. The minimum absolute atomic E-state index is 0.0326. The van der Waals surface area contributed by atoms with E-state index in [0.29, 0.717) is 24.2 Å². The summed E-state index contributed by atoms with van der Waals surface area (Å²) < 4.78 is 12.0. The quantitative estimate of drug-likeness (QED) is 0.518. The van der Waals surface area contributed by atoms with Crippen molar-refractivity contribution in [3.05, 3.63) is 54.4 Å². The number of nitrogens with zero attached hydrogens (tertiary/aromatic N) is 4. The molecule has 9 heteroatoms. The largest absolute Gasteiger partial charge is 0.465 e. The van der Waals surface area contributed by atoms with Crippen molar-refractivity contribution in [1.82, 2.24) is 14.5 Å². The number of anilines is 1. The number of aliphatic hydroxyl groups excluding tert-OH is 1. The van der Waals surface area contributed by atoms with Gasteiger partial charge in [0, 0.05) is 37.6 Å². The highest BCUT2D eigenvalue weighted by Crippen LogP contribution is 2.24. The van der Waals surface area contributed by atoms with Crippen molar-refractivity contribution in [2.75, 3.05) is 57.4 Å². The highest BCUT2D eigenvalue weighted by Gasteiger charge is 2.20. The lowest BCUT2D eigenvalue weighted by molar-refractivity contribution is -0.144. The number of esters is 2. The molecular weight excluding hydrogens is 424 g/mol. The Hall–Kier alpha value is -3.43. The summed E-state index contributed by atoms with van der Waals surface area (Å²) >= 11 is 0.